The first-order valence-corrected chi connectivity index (χ1v) is 5.63. The fraction of sp³-hybridized carbons (Fsp3) is 0.818. The lowest BCUT2D eigenvalue weighted by Crippen LogP contribution is -2.43. The fourth-order valence-electron chi connectivity index (χ4n) is 2.05. The average Bonchev–Trinajstić information content (AvgIpc) is 2.29. The molecule has 0 spiro atoms. The van der Waals surface area contributed by atoms with E-state index in [0.29, 0.717) is 38.9 Å². The Hall–Kier alpha value is -1.14. The minimum absolute atomic E-state index is 0.166. The van der Waals surface area contributed by atoms with E-state index in [1.807, 2.05) is 6.92 Å². The van der Waals surface area contributed by atoms with Crippen LogP contribution in [-0.2, 0) is 23.7 Å². The molecule has 96 valence electrons. The van der Waals surface area contributed by atoms with Crippen LogP contribution in [0.4, 0.5) is 4.79 Å². The number of hydrogen-bond acceptors (Lipinski definition) is 6. The second-order valence-electron chi connectivity index (χ2n) is 4.77. The molecule has 0 aliphatic carbocycles. The van der Waals surface area contributed by atoms with Gasteiger partial charge in [-0.2, -0.15) is 0 Å². The third-order valence-electron chi connectivity index (χ3n) is 2.95. The predicted octanol–water partition coefficient (Wildman–Crippen LogP) is 0.880. The minimum Gasteiger partial charge on any atom is -0.434 e. The van der Waals surface area contributed by atoms with E-state index in [4.69, 9.17) is 18.9 Å². The van der Waals surface area contributed by atoms with E-state index in [1.165, 1.54) is 0 Å². The zero-order valence-corrected chi connectivity index (χ0v) is 9.72. The number of rotatable bonds is 3. The summed E-state index contributed by atoms with van der Waals surface area (Å²) in [5, 5.41) is 0. The molecule has 6 nitrogen and oxygen atoms in total. The van der Waals surface area contributed by atoms with Crippen molar-refractivity contribution in [2.45, 2.75) is 32.2 Å². The molecular weight excluding hydrogens is 228 g/mol. The molecule has 17 heavy (non-hydrogen) atoms. The summed E-state index contributed by atoms with van der Waals surface area (Å²) in [6, 6.07) is 0. The lowest BCUT2D eigenvalue weighted by Gasteiger charge is -2.38. The van der Waals surface area contributed by atoms with Crippen LogP contribution in [0.25, 0.3) is 0 Å². The fourth-order valence-corrected chi connectivity index (χ4v) is 2.05. The van der Waals surface area contributed by atoms with Crippen LogP contribution in [0.1, 0.15) is 19.8 Å². The lowest BCUT2D eigenvalue weighted by atomic mass is 9.84. The number of ether oxygens (including phenoxy) is 4. The SMILES string of the molecule is CC1(CC2CCOC(=O)O2)COC(C=O)OC1. The maximum atomic E-state index is 11.0. The quantitative estimate of drug-likeness (QED) is 0.542. The smallest absolute Gasteiger partial charge is 0.434 e. The van der Waals surface area contributed by atoms with Gasteiger partial charge in [-0.05, 0) is 6.42 Å². The molecule has 2 aliphatic heterocycles. The van der Waals surface area contributed by atoms with Crippen LogP contribution in [-0.4, -0.2) is 44.7 Å². The van der Waals surface area contributed by atoms with E-state index in [2.05, 4.69) is 0 Å². The molecule has 0 bridgehead atoms. The molecule has 1 atom stereocenters. The molecule has 0 aromatic rings. The van der Waals surface area contributed by atoms with Crippen LogP contribution < -0.4 is 0 Å². The Morgan fingerprint density at radius 2 is 2.12 bits per heavy atom. The van der Waals surface area contributed by atoms with E-state index in [9.17, 15) is 9.59 Å². The zero-order chi connectivity index (χ0) is 12.3. The van der Waals surface area contributed by atoms with Crippen LogP contribution in [0.2, 0.25) is 0 Å². The van der Waals surface area contributed by atoms with Gasteiger partial charge in [0.1, 0.15) is 6.10 Å². The summed E-state index contributed by atoms with van der Waals surface area (Å²) in [6.07, 6.45) is 0.412. The molecule has 2 saturated heterocycles. The minimum atomic E-state index is -0.764. The van der Waals surface area contributed by atoms with E-state index >= 15 is 0 Å². The molecule has 2 aliphatic rings. The molecule has 2 rings (SSSR count). The summed E-state index contributed by atoms with van der Waals surface area (Å²) in [5.74, 6) is 0. The third-order valence-corrected chi connectivity index (χ3v) is 2.95. The van der Waals surface area contributed by atoms with Crippen LogP contribution in [0.15, 0.2) is 0 Å². The lowest BCUT2D eigenvalue weighted by molar-refractivity contribution is -0.219. The van der Waals surface area contributed by atoms with Crippen molar-refractivity contribution >= 4 is 12.4 Å². The molecule has 1 unspecified atom stereocenters. The van der Waals surface area contributed by atoms with Crippen molar-refractivity contribution in [3.05, 3.63) is 0 Å². The van der Waals surface area contributed by atoms with Gasteiger partial charge in [-0.1, -0.05) is 6.92 Å². The topological polar surface area (TPSA) is 71.1 Å². The first-order valence-electron chi connectivity index (χ1n) is 5.63. The van der Waals surface area contributed by atoms with Gasteiger partial charge in [0.05, 0.1) is 19.8 Å². The maximum Gasteiger partial charge on any atom is 0.508 e. The highest BCUT2D eigenvalue weighted by Gasteiger charge is 2.37. The van der Waals surface area contributed by atoms with Crippen LogP contribution in [0.5, 0.6) is 0 Å². The Kier molecular flexibility index (Phi) is 3.63. The van der Waals surface area contributed by atoms with Gasteiger partial charge >= 0.3 is 6.16 Å². The van der Waals surface area contributed by atoms with Crippen LogP contribution >= 0.6 is 0 Å². The summed E-state index contributed by atoms with van der Waals surface area (Å²) in [5.41, 5.74) is -0.234. The Balaban J connectivity index is 1.85. The van der Waals surface area contributed by atoms with E-state index in [-0.39, 0.29) is 11.5 Å². The van der Waals surface area contributed by atoms with E-state index in [0.717, 1.165) is 0 Å². The molecule has 0 amide bonds. The molecule has 2 fully saturated rings. The third kappa shape index (κ3) is 3.17. The largest absolute Gasteiger partial charge is 0.508 e. The van der Waals surface area contributed by atoms with Crippen molar-refractivity contribution < 1.29 is 28.5 Å². The van der Waals surface area contributed by atoms with Crippen molar-refractivity contribution in [2.75, 3.05) is 19.8 Å². The predicted molar refractivity (Wildman–Crippen MR) is 55.3 cm³/mol. The Bertz CT molecular complexity index is 294. The number of aldehydes is 1. The normalized spacial score (nSPS) is 38.1. The molecular formula is C11H16O6. The average molecular weight is 244 g/mol. The summed E-state index contributed by atoms with van der Waals surface area (Å²) < 4.78 is 20.3. The number of hydrogen-bond donors (Lipinski definition) is 0. The van der Waals surface area contributed by atoms with Crippen molar-refractivity contribution in [3.63, 3.8) is 0 Å². The van der Waals surface area contributed by atoms with Gasteiger partial charge in [0.15, 0.2) is 6.29 Å². The Morgan fingerprint density at radius 1 is 1.41 bits per heavy atom. The number of carbonyl (C=O) groups is 2. The summed E-state index contributed by atoms with van der Waals surface area (Å²) in [4.78, 5) is 21.4. The second kappa shape index (κ2) is 5.01. The highest BCUT2D eigenvalue weighted by molar-refractivity contribution is 5.60. The van der Waals surface area contributed by atoms with E-state index in [1.54, 1.807) is 0 Å². The zero-order valence-electron chi connectivity index (χ0n) is 9.72. The van der Waals surface area contributed by atoms with Crippen molar-refractivity contribution in [3.8, 4) is 0 Å². The summed E-state index contributed by atoms with van der Waals surface area (Å²) >= 11 is 0. The molecule has 0 aromatic carbocycles. The monoisotopic (exact) mass is 244 g/mol. The number of cyclic esters (lactones) is 2. The molecule has 2 heterocycles. The molecule has 0 saturated carbocycles. The number of carbonyl (C=O) groups excluding carboxylic acids is 2. The van der Waals surface area contributed by atoms with Gasteiger partial charge in [-0.15, -0.1) is 0 Å². The molecule has 0 aromatic heterocycles. The molecule has 0 radical (unpaired) electrons. The summed E-state index contributed by atoms with van der Waals surface area (Å²) in [6.45, 7) is 3.21. The van der Waals surface area contributed by atoms with Gasteiger partial charge in [-0.3, -0.25) is 4.79 Å². The van der Waals surface area contributed by atoms with Crippen LogP contribution in [0, 0.1) is 5.41 Å². The first kappa shape index (κ1) is 12.3. The Labute approximate surface area is 99.2 Å². The highest BCUT2D eigenvalue weighted by atomic mass is 16.7. The van der Waals surface area contributed by atoms with Gasteiger partial charge in [0, 0.05) is 11.8 Å². The molecule has 0 N–H and O–H groups in total. The van der Waals surface area contributed by atoms with Gasteiger partial charge in [0.25, 0.3) is 0 Å². The van der Waals surface area contributed by atoms with E-state index < -0.39 is 12.4 Å². The van der Waals surface area contributed by atoms with Crippen molar-refractivity contribution in [1.82, 2.24) is 0 Å². The van der Waals surface area contributed by atoms with Gasteiger partial charge in [0.2, 0.25) is 6.29 Å². The van der Waals surface area contributed by atoms with Crippen molar-refractivity contribution in [1.29, 1.82) is 0 Å². The van der Waals surface area contributed by atoms with Crippen LogP contribution in [0.3, 0.4) is 0 Å². The second-order valence-corrected chi connectivity index (χ2v) is 4.77. The first-order chi connectivity index (χ1) is 8.11. The maximum absolute atomic E-state index is 11.0. The standard InChI is InChI=1S/C11H16O6/c1-11(6-15-9(5-12)16-7-11)4-8-2-3-14-10(13)17-8/h5,8-9H,2-4,6-7H2,1H3. The Morgan fingerprint density at radius 3 is 2.71 bits per heavy atom. The van der Waals surface area contributed by atoms with Gasteiger partial charge < -0.3 is 18.9 Å². The highest BCUT2D eigenvalue weighted by Crippen LogP contribution is 2.31. The van der Waals surface area contributed by atoms with Crippen molar-refractivity contribution in [2.24, 2.45) is 5.41 Å². The van der Waals surface area contributed by atoms with Gasteiger partial charge in [-0.25, -0.2) is 4.79 Å². The summed E-state index contributed by atoms with van der Waals surface area (Å²) in [7, 11) is 0. The molecule has 6 heteroatoms.